The Kier molecular flexibility index (Phi) is 4.30. The summed E-state index contributed by atoms with van der Waals surface area (Å²) in [6.45, 7) is 3.81. The van der Waals surface area contributed by atoms with Crippen LogP contribution in [-0.4, -0.2) is 13.2 Å². The van der Waals surface area contributed by atoms with Crippen LogP contribution in [0.4, 0.5) is 0 Å². The predicted octanol–water partition coefficient (Wildman–Crippen LogP) is 3.19. The molecule has 0 aromatic heterocycles. The highest BCUT2D eigenvalue weighted by Crippen LogP contribution is 2.34. The highest BCUT2D eigenvalue weighted by Gasteiger charge is 2.17. The molecule has 2 nitrogen and oxygen atoms in total. The first-order valence-corrected chi connectivity index (χ1v) is 6.72. The van der Waals surface area contributed by atoms with Crippen LogP contribution < -0.4 is 10.5 Å². The lowest BCUT2D eigenvalue weighted by atomic mass is 9.96. The average Bonchev–Trinajstić information content (AvgIpc) is 2.74. The molecule has 0 fully saturated rings. The quantitative estimate of drug-likeness (QED) is 0.875. The van der Waals surface area contributed by atoms with Gasteiger partial charge in [0.2, 0.25) is 0 Å². The van der Waals surface area contributed by atoms with E-state index in [9.17, 15) is 0 Å². The van der Waals surface area contributed by atoms with Crippen molar-refractivity contribution in [3.8, 4) is 5.75 Å². The number of halogens is 1. The van der Waals surface area contributed by atoms with E-state index in [0.29, 0.717) is 5.92 Å². The molecule has 1 heterocycles. The van der Waals surface area contributed by atoms with Gasteiger partial charge in [-0.25, -0.2) is 0 Å². The van der Waals surface area contributed by atoms with Crippen LogP contribution >= 0.6 is 11.6 Å². The number of aryl methyl sites for hydroxylation is 1. The number of hydrogen-bond donors (Lipinski definition) is 1. The second kappa shape index (κ2) is 5.74. The van der Waals surface area contributed by atoms with E-state index in [2.05, 4.69) is 6.92 Å². The first kappa shape index (κ1) is 12.7. The Morgan fingerprint density at radius 1 is 1.41 bits per heavy atom. The molecule has 0 saturated carbocycles. The van der Waals surface area contributed by atoms with Crippen molar-refractivity contribution in [3.63, 3.8) is 0 Å². The molecule has 94 valence electrons. The van der Waals surface area contributed by atoms with Crippen molar-refractivity contribution < 1.29 is 4.74 Å². The summed E-state index contributed by atoms with van der Waals surface area (Å²) in [4.78, 5) is 0. The highest BCUT2D eigenvalue weighted by molar-refractivity contribution is 6.30. The molecule has 0 bridgehead atoms. The van der Waals surface area contributed by atoms with Gasteiger partial charge in [0.15, 0.2) is 0 Å². The van der Waals surface area contributed by atoms with Gasteiger partial charge in [0.1, 0.15) is 5.75 Å². The molecule has 1 aromatic carbocycles. The minimum absolute atomic E-state index is 0.663. The number of ether oxygens (including phenoxy) is 1. The maximum atomic E-state index is 6.13. The third-order valence-corrected chi connectivity index (χ3v) is 3.61. The minimum atomic E-state index is 0.663. The second-order valence-corrected chi connectivity index (χ2v) is 5.31. The topological polar surface area (TPSA) is 35.2 Å². The zero-order chi connectivity index (χ0) is 12.3. The Labute approximate surface area is 108 Å². The van der Waals surface area contributed by atoms with Crippen LogP contribution in [0.15, 0.2) is 12.1 Å². The smallest absolute Gasteiger partial charge is 0.125 e. The van der Waals surface area contributed by atoms with E-state index in [1.54, 1.807) is 0 Å². The molecule has 0 aliphatic carbocycles. The van der Waals surface area contributed by atoms with Gasteiger partial charge in [0, 0.05) is 11.4 Å². The summed E-state index contributed by atoms with van der Waals surface area (Å²) in [5, 5.41) is 0.829. The molecule has 2 rings (SSSR count). The number of nitrogens with two attached hydrogens (primary N) is 1. The van der Waals surface area contributed by atoms with Gasteiger partial charge in [-0.2, -0.15) is 0 Å². The maximum Gasteiger partial charge on any atom is 0.125 e. The van der Waals surface area contributed by atoms with Crippen molar-refractivity contribution >= 4 is 11.6 Å². The maximum absolute atomic E-state index is 6.13. The number of fused-ring (bicyclic) bond motifs is 1. The number of hydrogen-bond acceptors (Lipinski definition) is 2. The minimum Gasteiger partial charge on any atom is -0.493 e. The Morgan fingerprint density at radius 2 is 2.24 bits per heavy atom. The van der Waals surface area contributed by atoms with E-state index in [4.69, 9.17) is 22.1 Å². The fraction of sp³-hybridized carbons (Fsp3) is 0.571. The molecule has 1 atom stereocenters. The van der Waals surface area contributed by atoms with E-state index in [0.717, 1.165) is 49.6 Å². The van der Waals surface area contributed by atoms with Crippen LogP contribution in [0.25, 0.3) is 0 Å². The van der Waals surface area contributed by atoms with Crippen LogP contribution in [0, 0.1) is 5.92 Å². The van der Waals surface area contributed by atoms with E-state index in [-0.39, 0.29) is 0 Å². The van der Waals surface area contributed by atoms with Gasteiger partial charge in [-0.3, -0.25) is 0 Å². The van der Waals surface area contributed by atoms with E-state index in [1.807, 2.05) is 12.1 Å². The first-order valence-electron chi connectivity index (χ1n) is 6.35. The van der Waals surface area contributed by atoms with Gasteiger partial charge in [-0.15, -0.1) is 0 Å². The third kappa shape index (κ3) is 3.14. The van der Waals surface area contributed by atoms with E-state index >= 15 is 0 Å². The molecular weight excluding hydrogens is 234 g/mol. The molecule has 1 unspecified atom stereocenters. The lowest BCUT2D eigenvalue weighted by molar-refractivity contribution is 0.352. The Bertz CT molecular complexity index is 392. The van der Waals surface area contributed by atoms with Crippen molar-refractivity contribution in [1.29, 1.82) is 0 Å². The lowest BCUT2D eigenvalue weighted by Crippen LogP contribution is -2.06. The Balaban J connectivity index is 2.05. The van der Waals surface area contributed by atoms with Gasteiger partial charge in [-0.1, -0.05) is 18.5 Å². The molecule has 0 radical (unpaired) electrons. The van der Waals surface area contributed by atoms with Gasteiger partial charge < -0.3 is 10.5 Å². The molecular formula is C14H20ClNO. The van der Waals surface area contributed by atoms with Gasteiger partial charge in [-0.05, 0) is 55.0 Å². The Morgan fingerprint density at radius 3 is 3.00 bits per heavy atom. The third-order valence-electron chi connectivity index (χ3n) is 3.39. The van der Waals surface area contributed by atoms with Crippen molar-refractivity contribution in [2.45, 2.75) is 32.6 Å². The molecule has 1 aliphatic rings. The molecule has 1 aliphatic heterocycles. The highest BCUT2D eigenvalue weighted by atomic mass is 35.5. The average molecular weight is 254 g/mol. The molecule has 0 amide bonds. The largest absolute Gasteiger partial charge is 0.493 e. The van der Waals surface area contributed by atoms with Gasteiger partial charge in [0.05, 0.1) is 6.61 Å². The summed E-state index contributed by atoms with van der Waals surface area (Å²) in [7, 11) is 0. The monoisotopic (exact) mass is 253 g/mol. The predicted molar refractivity (Wildman–Crippen MR) is 71.8 cm³/mol. The first-order chi connectivity index (χ1) is 8.20. The zero-order valence-electron chi connectivity index (χ0n) is 10.3. The fourth-order valence-electron chi connectivity index (χ4n) is 2.36. The van der Waals surface area contributed by atoms with Gasteiger partial charge in [0.25, 0.3) is 0 Å². The summed E-state index contributed by atoms with van der Waals surface area (Å²) in [6.07, 6.45) is 4.25. The van der Waals surface area contributed by atoms with Crippen LogP contribution in [0.3, 0.4) is 0 Å². The molecule has 17 heavy (non-hydrogen) atoms. The SMILES string of the molecule is CC(CCN)CCc1cc(Cl)cc2c1OCC2. The summed E-state index contributed by atoms with van der Waals surface area (Å²) in [5.74, 6) is 1.74. The second-order valence-electron chi connectivity index (χ2n) is 4.87. The van der Waals surface area contributed by atoms with Crippen LogP contribution in [0.5, 0.6) is 5.75 Å². The lowest BCUT2D eigenvalue weighted by Gasteiger charge is -2.12. The number of rotatable bonds is 5. The molecule has 0 spiro atoms. The standard InChI is InChI=1S/C14H20ClNO/c1-10(4-6-16)2-3-11-8-13(15)9-12-5-7-17-14(11)12/h8-10H,2-7,16H2,1H3. The van der Waals surface area contributed by atoms with Crippen molar-refractivity contribution in [2.24, 2.45) is 11.7 Å². The van der Waals surface area contributed by atoms with E-state index < -0.39 is 0 Å². The summed E-state index contributed by atoms with van der Waals surface area (Å²) in [5.41, 5.74) is 8.09. The molecule has 1 aromatic rings. The summed E-state index contributed by atoms with van der Waals surface area (Å²) >= 11 is 6.13. The summed E-state index contributed by atoms with van der Waals surface area (Å²) < 4.78 is 5.69. The van der Waals surface area contributed by atoms with Crippen molar-refractivity contribution in [3.05, 3.63) is 28.3 Å². The zero-order valence-corrected chi connectivity index (χ0v) is 11.1. The number of benzene rings is 1. The van der Waals surface area contributed by atoms with Crippen LogP contribution in [-0.2, 0) is 12.8 Å². The van der Waals surface area contributed by atoms with Crippen LogP contribution in [0.1, 0.15) is 30.9 Å². The molecule has 3 heteroatoms. The summed E-state index contributed by atoms with van der Waals surface area (Å²) in [6, 6.07) is 4.07. The fourth-order valence-corrected chi connectivity index (χ4v) is 2.63. The Hall–Kier alpha value is -0.730. The van der Waals surface area contributed by atoms with Gasteiger partial charge >= 0.3 is 0 Å². The van der Waals surface area contributed by atoms with E-state index in [1.165, 1.54) is 11.1 Å². The molecule has 0 saturated heterocycles. The van der Waals surface area contributed by atoms with Crippen molar-refractivity contribution in [2.75, 3.05) is 13.2 Å². The molecule has 2 N–H and O–H groups in total. The van der Waals surface area contributed by atoms with Crippen LogP contribution in [0.2, 0.25) is 5.02 Å². The van der Waals surface area contributed by atoms with Crippen molar-refractivity contribution in [1.82, 2.24) is 0 Å². The normalized spacial score (nSPS) is 15.5.